The van der Waals surface area contributed by atoms with Crippen molar-refractivity contribution in [3.8, 4) is 5.75 Å². The lowest BCUT2D eigenvalue weighted by Gasteiger charge is -2.06. The summed E-state index contributed by atoms with van der Waals surface area (Å²) in [6.07, 6.45) is 5.06. The molecule has 1 N–H and O–H groups in total. The topological polar surface area (TPSA) is 117 Å². The van der Waals surface area contributed by atoms with Gasteiger partial charge in [-0.1, -0.05) is 0 Å². The van der Waals surface area contributed by atoms with Crippen LogP contribution in [0.15, 0.2) is 48.9 Å². The standard InChI is InChI=1S/C15H14N6O4/c1-25-13-8-11(7-12(9-13)21(23)24)17-15(22)14-3-6-20(18-14)10-19-5-2-4-16-19/h2-9H,10H2,1H3,(H,17,22). The van der Waals surface area contributed by atoms with Crippen LogP contribution in [0.1, 0.15) is 10.5 Å². The van der Waals surface area contributed by atoms with Crippen molar-refractivity contribution in [1.82, 2.24) is 19.6 Å². The minimum Gasteiger partial charge on any atom is -0.496 e. The molecule has 0 saturated carbocycles. The van der Waals surface area contributed by atoms with Crippen LogP contribution in [0.5, 0.6) is 5.75 Å². The molecule has 0 aliphatic heterocycles. The summed E-state index contributed by atoms with van der Waals surface area (Å²) in [4.78, 5) is 22.7. The van der Waals surface area contributed by atoms with E-state index in [0.29, 0.717) is 6.67 Å². The van der Waals surface area contributed by atoms with Crippen LogP contribution in [0.4, 0.5) is 11.4 Å². The summed E-state index contributed by atoms with van der Waals surface area (Å²) in [6.45, 7) is 0.366. The highest BCUT2D eigenvalue weighted by atomic mass is 16.6. The van der Waals surface area contributed by atoms with Crippen LogP contribution in [-0.4, -0.2) is 37.5 Å². The molecule has 10 heteroatoms. The number of carbonyl (C=O) groups excluding carboxylic acids is 1. The number of methoxy groups -OCH3 is 1. The molecule has 2 aromatic heterocycles. The smallest absolute Gasteiger partial charge is 0.276 e. The Bertz CT molecular complexity index is 903. The summed E-state index contributed by atoms with van der Waals surface area (Å²) >= 11 is 0. The van der Waals surface area contributed by atoms with E-state index in [-0.39, 0.29) is 22.8 Å². The molecular formula is C15H14N6O4. The fourth-order valence-electron chi connectivity index (χ4n) is 2.17. The van der Waals surface area contributed by atoms with E-state index in [9.17, 15) is 14.9 Å². The number of hydrogen-bond acceptors (Lipinski definition) is 6. The SMILES string of the molecule is COc1cc(NC(=O)c2ccn(Cn3cccn3)n2)cc([N+](=O)[O-])c1. The number of carbonyl (C=O) groups is 1. The Labute approximate surface area is 141 Å². The normalized spacial score (nSPS) is 10.4. The lowest BCUT2D eigenvalue weighted by Crippen LogP contribution is -2.15. The second-order valence-electron chi connectivity index (χ2n) is 5.06. The monoisotopic (exact) mass is 342 g/mol. The third-order valence-corrected chi connectivity index (χ3v) is 3.32. The van der Waals surface area contributed by atoms with Crippen molar-refractivity contribution in [3.63, 3.8) is 0 Å². The first kappa shape index (κ1) is 16.2. The number of nitrogens with zero attached hydrogens (tertiary/aromatic N) is 5. The number of nitro groups is 1. The molecular weight excluding hydrogens is 328 g/mol. The third-order valence-electron chi connectivity index (χ3n) is 3.32. The maximum atomic E-state index is 12.3. The lowest BCUT2D eigenvalue weighted by atomic mass is 10.2. The van der Waals surface area contributed by atoms with E-state index in [2.05, 4.69) is 15.5 Å². The van der Waals surface area contributed by atoms with E-state index >= 15 is 0 Å². The number of hydrogen-bond donors (Lipinski definition) is 1. The molecule has 128 valence electrons. The summed E-state index contributed by atoms with van der Waals surface area (Å²) in [5.74, 6) is -0.213. The van der Waals surface area contributed by atoms with Gasteiger partial charge in [0.15, 0.2) is 5.69 Å². The number of nitro benzene ring substituents is 1. The highest BCUT2D eigenvalue weighted by molar-refractivity contribution is 6.03. The van der Waals surface area contributed by atoms with Crippen molar-refractivity contribution in [2.24, 2.45) is 0 Å². The summed E-state index contributed by atoms with van der Waals surface area (Å²) in [6, 6.07) is 7.35. The summed E-state index contributed by atoms with van der Waals surface area (Å²) < 4.78 is 8.22. The summed E-state index contributed by atoms with van der Waals surface area (Å²) in [5.41, 5.74) is 0.245. The van der Waals surface area contributed by atoms with Crippen LogP contribution in [0, 0.1) is 10.1 Å². The molecule has 0 spiro atoms. The van der Waals surface area contributed by atoms with Gasteiger partial charge in [0.1, 0.15) is 12.4 Å². The third kappa shape index (κ3) is 3.80. The first-order valence-electron chi connectivity index (χ1n) is 7.21. The number of aromatic nitrogens is 4. The van der Waals surface area contributed by atoms with Crippen molar-refractivity contribution in [1.29, 1.82) is 0 Å². The number of benzene rings is 1. The molecule has 2 heterocycles. The van der Waals surface area contributed by atoms with Gasteiger partial charge in [0.25, 0.3) is 11.6 Å². The van der Waals surface area contributed by atoms with Crippen molar-refractivity contribution in [2.45, 2.75) is 6.67 Å². The number of non-ortho nitro benzene ring substituents is 1. The van der Waals surface area contributed by atoms with Gasteiger partial charge >= 0.3 is 0 Å². The van der Waals surface area contributed by atoms with Gasteiger partial charge in [-0.05, 0) is 12.1 Å². The minimum atomic E-state index is -0.559. The molecule has 0 fully saturated rings. The van der Waals surface area contributed by atoms with Crippen LogP contribution in [0.3, 0.4) is 0 Å². The van der Waals surface area contributed by atoms with Crippen molar-refractivity contribution < 1.29 is 14.5 Å². The van der Waals surface area contributed by atoms with Crippen LogP contribution in [0.2, 0.25) is 0 Å². The van der Waals surface area contributed by atoms with Crippen molar-refractivity contribution >= 4 is 17.3 Å². The van der Waals surface area contributed by atoms with Crippen molar-refractivity contribution in [3.05, 3.63) is 64.7 Å². The second kappa shape index (κ2) is 6.83. The number of ether oxygens (including phenoxy) is 1. The van der Waals surface area contributed by atoms with Gasteiger partial charge in [-0.2, -0.15) is 10.2 Å². The molecule has 0 saturated heterocycles. The number of anilines is 1. The number of rotatable bonds is 6. The average molecular weight is 342 g/mol. The minimum absolute atomic E-state index is 0.178. The fraction of sp³-hybridized carbons (Fsp3) is 0.133. The number of nitrogens with one attached hydrogen (secondary N) is 1. The second-order valence-corrected chi connectivity index (χ2v) is 5.06. The van der Waals surface area contributed by atoms with Gasteiger partial charge in [-0.25, -0.2) is 0 Å². The van der Waals surface area contributed by atoms with Gasteiger partial charge in [0, 0.05) is 30.7 Å². The highest BCUT2D eigenvalue weighted by Crippen LogP contribution is 2.26. The van der Waals surface area contributed by atoms with E-state index < -0.39 is 10.8 Å². The average Bonchev–Trinajstić information content (AvgIpc) is 3.27. The Morgan fingerprint density at radius 3 is 2.84 bits per heavy atom. The fourth-order valence-corrected chi connectivity index (χ4v) is 2.17. The molecule has 10 nitrogen and oxygen atoms in total. The molecule has 0 aliphatic carbocycles. The maximum absolute atomic E-state index is 12.3. The molecule has 1 amide bonds. The Morgan fingerprint density at radius 1 is 1.32 bits per heavy atom. The first-order chi connectivity index (χ1) is 12.0. The zero-order valence-electron chi connectivity index (χ0n) is 13.2. The van der Waals surface area contributed by atoms with E-state index in [1.165, 1.54) is 25.3 Å². The van der Waals surface area contributed by atoms with E-state index in [1.54, 1.807) is 40.1 Å². The van der Waals surface area contributed by atoms with E-state index in [0.717, 1.165) is 0 Å². The molecule has 1 aromatic carbocycles. The van der Waals surface area contributed by atoms with Crippen LogP contribution < -0.4 is 10.1 Å². The Kier molecular flexibility index (Phi) is 4.42. The molecule has 0 radical (unpaired) electrons. The van der Waals surface area contributed by atoms with Crippen LogP contribution in [0.25, 0.3) is 0 Å². The first-order valence-corrected chi connectivity index (χ1v) is 7.21. The zero-order valence-corrected chi connectivity index (χ0v) is 13.2. The molecule has 3 aromatic rings. The molecule has 0 unspecified atom stereocenters. The van der Waals surface area contributed by atoms with E-state index in [4.69, 9.17) is 4.74 Å². The Balaban J connectivity index is 1.75. The zero-order chi connectivity index (χ0) is 17.8. The largest absolute Gasteiger partial charge is 0.496 e. The Hall–Kier alpha value is -3.69. The predicted octanol–water partition coefficient (Wildman–Crippen LogP) is 1.75. The maximum Gasteiger partial charge on any atom is 0.276 e. The van der Waals surface area contributed by atoms with E-state index in [1.807, 2.05) is 0 Å². The quantitative estimate of drug-likeness (QED) is 0.539. The predicted molar refractivity (Wildman–Crippen MR) is 87.5 cm³/mol. The van der Waals surface area contributed by atoms with Gasteiger partial charge in [0.2, 0.25) is 0 Å². The van der Waals surface area contributed by atoms with Gasteiger partial charge in [0.05, 0.1) is 23.8 Å². The van der Waals surface area contributed by atoms with Gasteiger partial charge in [-0.3, -0.25) is 24.3 Å². The van der Waals surface area contributed by atoms with Crippen LogP contribution >= 0.6 is 0 Å². The molecule has 0 aliphatic rings. The molecule has 0 atom stereocenters. The lowest BCUT2D eigenvalue weighted by molar-refractivity contribution is -0.384. The summed E-state index contributed by atoms with van der Waals surface area (Å²) in [7, 11) is 1.39. The van der Waals surface area contributed by atoms with Gasteiger partial charge < -0.3 is 10.1 Å². The van der Waals surface area contributed by atoms with Crippen molar-refractivity contribution in [2.75, 3.05) is 12.4 Å². The number of amides is 1. The Morgan fingerprint density at radius 2 is 2.16 bits per heavy atom. The highest BCUT2D eigenvalue weighted by Gasteiger charge is 2.14. The molecule has 0 bridgehead atoms. The molecule has 3 rings (SSSR count). The van der Waals surface area contributed by atoms with Crippen LogP contribution in [-0.2, 0) is 6.67 Å². The summed E-state index contributed by atoms with van der Waals surface area (Å²) in [5, 5.41) is 21.7. The van der Waals surface area contributed by atoms with Gasteiger partial charge in [-0.15, -0.1) is 0 Å². The molecule has 25 heavy (non-hydrogen) atoms.